The van der Waals surface area contributed by atoms with E-state index in [2.05, 4.69) is 190 Å². The lowest BCUT2D eigenvalue weighted by Gasteiger charge is -2.40. The van der Waals surface area contributed by atoms with Gasteiger partial charge in [0.05, 0.1) is 26.7 Å². The molecule has 8 aliphatic rings. The highest BCUT2D eigenvalue weighted by atomic mass is 16.5. The van der Waals surface area contributed by atoms with E-state index in [1.807, 2.05) is 0 Å². The zero-order valence-electron chi connectivity index (χ0n) is 33.7. The third-order valence-corrected chi connectivity index (χ3v) is 12.9. The van der Waals surface area contributed by atoms with Crippen LogP contribution in [0, 0.1) is 0 Å². The first-order valence-corrected chi connectivity index (χ1v) is 20.4. The number of hydrogen-bond donors (Lipinski definition) is 0. The largest absolute Gasteiger partial charge is 0.454 e. The Morgan fingerprint density at radius 3 is 0.817 bits per heavy atom. The second-order valence-electron chi connectivity index (χ2n) is 17.0. The van der Waals surface area contributed by atoms with Gasteiger partial charge in [0, 0.05) is 111 Å². The van der Waals surface area contributed by atoms with E-state index in [-0.39, 0.29) is 13.4 Å². The van der Waals surface area contributed by atoms with Crippen molar-refractivity contribution < 1.29 is 18.9 Å². The second-order valence-corrected chi connectivity index (χ2v) is 17.0. The Bertz CT molecular complexity index is 2470. The van der Waals surface area contributed by atoms with Crippen molar-refractivity contribution in [1.29, 1.82) is 0 Å². The lowest BCUT2D eigenvalue weighted by Crippen LogP contribution is -2.61. The van der Waals surface area contributed by atoms with Crippen molar-refractivity contribution in [1.82, 2.24) is 19.6 Å². The van der Waals surface area contributed by atoms with Crippen molar-refractivity contribution in [2.24, 2.45) is 0 Å². The van der Waals surface area contributed by atoms with Gasteiger partial charge in [0.15, 0.2) is 23.0 Å². The first-order chi connectivity index (χ1) is 29.3. The molecule has 8 heterocycles. The van der Waals surface area contributed by atoms with Crippen LogP contribution < -0.4 is 71.3 Å². The van der Waals surface area contributed by atoms with Gasteiger partial charge in [0.25, 0.3) is 13.4 Å². The molecule has 0 saturated heterocycles. The summed E-state index contributed by atoms with van der Waals surface area (Å²) in [6.07, 6.45) is 16.9. The molecule has 294 valence electrons. The highest BCUT2D eigenvalue weighted by molar-refractivity contribution is 7.00. The highest BCUT2D eigenvalue weighted by Crippen LogP contribution is 2.50. The Hall–Kier alpha value is -7.21. The molecule has 14 heteroatoms. The van der Waals surface area contributed by atoms with Crippen LogP contribution in [0.2, 0.25) is 0 Å². The number of ether oxygens (including phenoxy) is 4. The standard InChI is InChI=1S/C46H40B2N8O4/c1-49-13-17-53(25-49)29-5-9-37-33(21-29)47-34-22-30(54-18-14-50(2)26-54)6-10-38(34)58-44-41(47)43(57-37)45-42-46(44)60-40-12-8-32(56-20-16-52(4)28-56)24-36(40)48(42)35-23-31(7-11-39(35)59-45)55-19-15-51(3)27-55/h5-24H,25-28H2,1-4H3. The summed E-state index contributed by atoms with van der Waals surface area (Å²) in [6.45, 7) is 2.61. The quantitative estimate of drug-likeness (QED) is 0.244. The van der Waals surface area contributed by atoms with Gasteiger partial charge in [-0.05, 0) is 94.6 Å². The van der Waals surface area contributed by atoms with Crippen molar-refractivity contribution in [3.63, 3.8) is 0 Å². The molecule has 0 aromatic heterocycles. The van der Waals surface area contributed by atoms with Gasteiger partial charge < -0.3 is 58.1 Å². The predicted octanol–water partition coefficient (Wildman–Crippen LogP) is 3.86. The SMILES string of the molecule is CN1C=CN(c2ccc3c(c2)B2c4cc(N5C=CN(C)C5)ccc4Oc4c5c6c(c(c42)O3)Oc2ccc(N3C=CN(C)C3)cc2B6c2cc(N3C=CN(C)C3)ccc2O5)C1. The molecule has 0 amide bonds. The topological polar surface area (TPSA) is 62.8 Å². The maximum atomic E-state index is 7.15. The summed E-state index contributed by atoms with van der Waals surface area (Å²) >= 11 is 0. The smallest absolute Gasteiger partial charge is 0.261 e. The fourth-order valence-corrected chi connectivity index (χ4v) is 9.94. The van der Waals surface area contributed by atoms with Gasteiger partial charge in [-0.1, -0.05) is 0 Å². The normalized spacial score (nSPS) is 18.0. The van der Waals surface area contributed by atoms with Gasteiger partial charge in [0.1, 0.15) is 23.0 Å². The molecular weight excluding hydrogens is 750 g/mol. The molecule has 0 unspecified atom stereocenters. The van der Waals surface area contributed by atoms with Crippen LogP contribution in [0.15, 0.2) is 122 Å². The van der Waals surface area contributed by atoms with Gasteiger partial charge in [-0.25, -0.2) is 0 Å². The third-order valence-electron chi connectivity index (χ3n) is 12.9. The average Bonchev–Trinajstić information content (AvgIpc) is 4.10. The van der Waals surface area contributed by atoms with Crippen LogP contribution in [0.25, 0.3) is 0 Å². The molecule has 60 heavy (non-hydrogen) atoms. The maximum Gasteiger partial charge on any atom is 0.261 e. The fourth-order valence-electron chi connectivity index (χ4n) is 9.94. The summed E-state index contributed by atoms with van der Waals surface area (Å²) in [5.41, 5.74) is 10.5. The number of hydrogen-bond acceptors (Lipinski definition) is 12. The Balaban J connectivity index is 1.03. The number of benzene rings is 5. The minimum atomic E-state index is -0.228. The lowest BCUT2D eigenvalue weighted by molar-refractivity contribution is 0.396. The Morgan fingerprint density at radius 2 is 0.600 bits per heavy atom. The van der Waals surface area contributed by atoms with Crippen LogP contribution in [-0.2, 0) is 0 Å². The molecule has 0 bridgehead atoms. The van der Waals surface area contributed by atoms with Gasteiger partial charge in [0.2, 0.25) is 0 Å². The van der Waals surface area contributed by atoms with Crippen molar-refractivity contribution in [2.75, 3.05) is 74.5 Å². The van der Waals surface area contributed by atoms with E-state index in [0.29, 0.717) is 23.0 Å². The molecular formula is C46H40B2N8O4. The molecule has 5 aromatic rings. The maximum absolute atomic E-state index is 7.15. The van der Waals surface area contributed by atoms with Crippen LogP contribution in [0.5, 0.6) is 46.0 Å². The zero-order valence-corrected chi connectivity index (χ0v) is 33.7. The molecule has 8 aliphatic heterocycles. The van der Waals surface area contributed by atoms with Gasteiger partial charge in [-0.3, -0.25) is 0 Å². The van der Waals surface area contributed by atoms with Crippen LogP contribution in [-0.4, -0.2) is 87.9 Å². The first-order valence-electron chi connectivity index (χ1n) is 20.4. The van der Waals surface area contributed by atoms with E-state index in [4.69, 9.17) is 18.9 Å². The van der Waals surface area contributed by atoms with E-state index in [1.165, 1.54) is 0 Å². The Morgan fingerprint density at radius 1 is 0.350 bits per heavy atom. The fraction of sp³-hybridized carbons (Fsp3) is 0.174. The molecule has 0 aliphatic carbocycles. The van der Waals surface area contributed by atoms with Gasteiger partial charge in [-0.2, -0.15) is 0 Å². The van der Waals surface area contributed by atoms with Gasteiger partial charge >= 0.3 is 0 Å². The van der Waals surface area contributed by atoms with Crippen LogP contribution in [0.1, 0.15) is 0 Å². The molecule has 0 atom stereocenters. The van der Waals surface area contributed by atoms with Gasteiger partial charge in [-0.15, -0.1) is 0 Å². The summed E-state index contributed by atoms with van der Waals surface area (Å²) in [4.78, 5) is 17.7. The Kier molecular flexibility index (Phi) is 6.84. The molecule has 5 aromatic carbocycles. The van der Waals surface area contributed by atoms with E-state index in [9.17, 15) is 0 Å². The lowest BCUT2D eigenvalue weighted by atomic mass is 9.32. The highest BCUT2D eigenvalue weighted by Gasteiger charge is 2.51. The first kappa shape index (κ1) is 33.7. The van der Waals surface area contributed by atoms with E-state index >= 15 is 0 Å². The minimum absolute atomic E-state index is 0.228. The summed E-state index contributed by atoms with van der Waals surface area (Å²) in [7, 11) is 8.35. The average molecular weight is 791 g/mol. The summed E-state index contributed by atoms with van der Waals surface area (Å²) < 4.78 is 28.6. The molecule has 0 spiro atoms. The molecule has 0 N–H and O–H groups in total. The molecule has 0 radical (unpaired) electrons. The van der Waals surface area contributed by atoms with Crippen LogP contribution in [0.3, 0.4) is 0 Å². The van der Waals surface area contributed by atoms with E-state index < -0.39 is 0 Å². The summed E-state index contributed by atoms with van der Waals surface area (Å²) in [5.74, 6) is 5.86. The predicted molar refractivity (Wildman–Crippen MR) is 239 cm³/mol. The third kappa shape index (κ3) is 4.87. The van der Waals surface area contributed by atoms with E-state index in [0.717, 1.165) is 105 Å². The number of nitrogens with zero attached hydrogens (tertiary/aromatic N) is 8. The Labute approximate surface area is 349 Å². The summed E-state index contributed by atoms with van der Waals surface area (Å²) in [6, 6.07) is 26.2. The van der Waals surface area contributed by atoms with Crippen molar-refractivity contribution >= 4 is 69.0 Å². The second kappa shape index (κ2) is 12.2. The molecule has 12 nitrogen and oxygen atoms in total. The molecule has 13 rings (SSSR count). The zero-order chi connectivity index (χ0) is 40.0. The van der Waals surface area contributed by atoms with E-state index in [1.54, 1.807) is 0 Å². The monoisotopic (exact) mass is 790 g/mol. The van der Waals surface area contributed by atoms with Crippen molar-refractivity contribution in [2.45, 2.75) is 0 Å². The molecule has 0 fully saturated rings. The van der Waals surface area contributed by atoms with Crippen LogP contribution >= 0.6 is 0 Å². The summed E-state index contributed by atoms with van der Waals surface area (Å²) in [5, 5.41) is 0. The number of anilines is 4. The van der Waals surface area contributed by atoms with Crippen LogP contribution in [0.4, 0.5) is 22.7 Å². The van der Waals surface area contributed by atoms with Crippen molar-refractivity contribution in [3.05, 3.63) is 122 Å². The molecule has 0 saturated carbocycles. The van der Waals surface area contributed by atoms with Crippen molar-refractivity contribution in [3.8, 4) is 46.0 Å². The minimum Gasteiger partial charge on any atom is -0.454 e. The number of fused-ring (bicyclic) bond motifs is 10. The number of rotatable bonds is 4.